The van der Waals surface area contributed by atoms with E-state index in [-0.39, 0.29) is 22.3 Å². The van der Waals surface area contributed by atoms with Crippen molar-refractivity contribution >= 4 is 5.69 Å². The van der Waals surface area contributed by atoms with Crippen molar-refractivity contribution in [2.75, 3.05) is 19.7 Å². The quantitative estimate of drug-likeness (QED) is 0.486. The summed E-state index contributed by atoms with van der Waals surface area (Å²) >= 11 is 0. The molecule has 1 heterocycles. The topological polar surface area (TPSA) is 55.6 Å². The molecule has 5 heteroatoms. The summed E-state index contributed by atoms with van der Waals surface area (Å²) in [5.74, 6) is 0. The molecule has 2 atom stereocenters. The van der Waals surface area contributed by atoms with Crippen molar-refractivity contribution in [3.8, 4) is 0 Å². The van der Waals surface area contributed by atoms with Crippen LogP contribution in [0.15, 0.2) is 61.2 Å². The molecule has 0 aromatic heterocycles. The predicted molar refractivity (Wildman–Crippen MR) is 89.2 cm³/mol. The van der Waals surface area contributed by atoms with Crippen molar-refractivity contribution in [2.45, 2.75) is 18.1 Å². The summed E-state index contributed by atoms with van der Waals surface area (Å²) in [5.41, 5.74) is 0.900. The molecule has 0 bridgehead atoms. The third-order valence-electron chi connectivity index (χ3n) is 4.56. The van der Waals surface area contributed by atoms with Gasteiger partial charge in [-0.05, 0) is 24.1 Å². The average Bonchev–Trinajstić information content (AvgIpc) is 2.62. The van der Waals surface area contributed by atoms with Gasteiger partial charge in [-0.25, -0.2) is 0 Å². The second-order valence-corrected chi connectivity index (χ2v) is 5.84. The predicted octanol–water partition coefficient (Wildman–Crippen LogP) is 3.41. The minimum absolute atomic E-state index is 0.0827. The van der Waals surface area contributed by atoms with Gasteiger partial charge in [-0.2, -0.15) is 0 Å². The number of nitro benzene ring substituents is 1. The molecule has 5 nitrogen and oxygen atoms in total. The molecule has 1 fully saturated rings. The van der Waals surface area contributed by atoms with E-state index in [9.17, 15) is 10.1 Å². The Hall–Kier alpha value is -2.24. The van der Waals surface area contributed by atoms with E-state index >= 15 is 0 Å². The Morgan fingerprint density at radius 3 is 2.74 bits per heavy atom. The van der Waals surface area contributed by atoms with Gasteiger partial charge in [0, 0.05) is 25.2 Å². The molecule has 0 saturated carbocycles. The van der Waals surface area contributed by atoms with Crippen LogP contribution >= 0.6 is 0 Å². The minimum atomic E-state index is -0.385. The molecule has 1 saturated heterocycles. The SMILES string of the molecule is C=C[C@]1(N2CCO[C@H](c3ccc([N+](=O)[O-])cc3)C2)C=CC=CC1. The van der Waals surface area contributed by atoms with Gasteiger partial charge in [-0.3, -0.25) is 15.0 Å². The molecule has 120 valence electrons. The van der Waals surface area contributed by atoms with Gasteiger partial charge in [-0.1, -0.05) is 30.4 Å². The monoisotopic (exact) mass is 312 g/mol. The maximum atomic E-state index is 10.8. The fourth-order valence-electron chi connectivity index (χ4n) is 3.18. The van der Waals surface area contributed by atoms with Crippen LogP contribution in [0.3, 0.4) is 0 Å². The number of hydrogen-bond donors (Lipinski definition) is 0. The molecule has 0 N–H and O–H groups in total. The molecule has 1 aliphatic heterocycles. The smallest absolute Gasteiger partial charge is 0.269 e. The van der Waals surface area contributed by atoms with Crippen molar-refractivity contribution in [1.82, 2.24) is 4.90 Å². The first-order valence-corrected chi connectivity index (χ1v) is 7.73. The number of allylic oxidation sites excluding steroid dienone is 2. The molecule has 1 aromatic rings. The van der Waals surface area contributed by atoms with E-state index in [2.05, 4.69) is 35.8 Å². The van der Waals surface area contributed by atoms with E-state index in [1.165, 1.54) is 12.1 Å². The van der Waals surface area contributed by atoms with Gasteiger partial charge >= 0.3 is 0 Å². The Kier molecular flexibility index (Phi) is 4.41. The van der Waals surface area contributed by atoms with Crippen LogP contribution in [-0.4, -0.2) is 35.1 Å². The molecular weight excluding hydrogens is 292 g/mol. The first kappa shape index (κ1) is 15.6. The van der Waals surface area contributed by atoms with Crippen LogP contribution < -0.4 is 0 Å². The van der Waals surface area contributed by atoms with E-state index in [0.29, 0.717) is 6.61 Å². The number of morpholine rings is 1. The van der Waals surface area contributed by atoms with Crippen LogP contribution in [0.2, 0.25) is 0 Å². The highest BCUT2D eigenvalue weighted by Crippen LogP contribution is 2.32. The number of nitrogens with zero attached hydrogens (tertiary/aromatic N) is 2. The van der Waals surface area contributed by atoms with Crippen LogP contribution in [0.4, 0.5) is 5.69 Å². The van der Waals surface area contributed by atoms with E-state index in [1.54, 1.807) is 12.1 Å². The Bertz CT molecular complexity index is 651. The lowest BCUT2D eigenvalue weighted by molar-refractivity contribution is -0.384. The van der Waals surface area contributed by atoms with Crippen molar-refractivity contribution in [3.05, 3.63) is 76.9 Å². The number of benzene rings is 1. The Labute approximate surface area is 135 Å². The van der Waals surface area contributed by atoms with E-state index in [0.717, 1.165) is 25.1 Å². The summed E-state index contributed by atoms with van der Waals surface area (Å²) in [4.78, 5) is 12.8. The second kappa shape index (κ2) is 6.48. The minimum Gasteiger partial charge on any atom is -0.371 e. The number of non-ortho nitro benzene ring substituents is 1. The van der Waals surface area contributed by atoms with Crippen LogP contribution in [0.5, 0.6) is 0 Å². The molecule has 0 spiro atoms. The van der Waals surface area contributed by atoms with Crippen LogP contribution in [-0.2, 0) is 4.74 Å². The van der Waals surface area contributed by atoms with Crippen LogP contribution in [0.25, 0.3) is 0 Å². The van der Waals surface area contributed by atoms with E-state index in [4.69, 9.17) is 4.74 Å². The lowest BCUT2D eigenvalue weighted by Gasteiger charge is -2.44. The fourth-order valence-corrected chi connectivity index (χ4v) is 3.18. The maximum Gasteiger partial charge on any atom is 0.269 e. The van der Waals surface area contributed by atoms with Gasteiger partial charge in [0.1, 0.15) is 0 Å². The molecule has 2 aliphatic rings. The lowest BCUT2D eigenvalue weighted by Crippen LogP contribution is -2.52. The van der Waals surface area contributed by atoms with E-state index in [1.807, 2.05) is 6.08 Å². The van der Waals surface area contributed by atoms with Crippen LogP contribution in [0, 0.1) is 10.1 Å². The zero-order valence-corrected chi connectivity index (χ0v) is 12.9. The van der Waals surface area contributed by atoms with Crippen molar-refractivity contribution in [3.63, 3.8) is 0 Å². The van der Waals surface area contributed by atoms with Gasteiger partial charge in [-0.15, -0.1) is 6.58 Å². The number of hydrogen-bond acceptors (Lipinski definition) is 4. The van der Waals surface area contributed by atoms with Crippen molar-refractivity contribution in [2.24, 2.45) is 0 Å². The van der Waals surface area contributed by atoms with Crippen LogP contribution in [0.1, 0.15) is 18.1 Å². The second-order valence-electron chi connectivity index (χ2n) is 5.84. The molecule has 23 heavy (non-hydrogen) atoms. The van der Waals surface area contributed by atoms with Gasteiger partial charge in [0.05, 0.1) is 23.2 Å². The van der Waals surface area contributed by atoms with Crippen molar-refractivity contribution < 1.29 is 9.66 Å². The Morgan fingerprint density at radius 1 is 1.35 bits per heavy atom. The number of nitro groups is 1. The standard InChI is InChI=1S/C18H20N2O3/c1-2-18(10-4-3-5-11-18)19-12-13-23-17(14-19)15-6-8-16(9-7-15)20(21)22/h2-10,17H,1,11-14H2/t17-,18-/m0/s1. The Balaban J connectivity index is 1.78. The molecule has 1 aliphatic carbocycles. The number of rotatable bonds is 4. The summed E-state index contributed by atoms with van der Waals surface area (Å²) < 4.78 is 5.89. The summed E-state index contributed by atoms with van der Waals surface area (Å²) in [5, 5.41) is 10.8. The first-order chi connectivity index (χ1) is 11.1. The Morgan fingerprint density at radius 2 is 2.13 bits per heavy atom. The van der Waals surface area contributed by atoms with Gasteiger partial charge in [0.15, 0.2) is 0 Å². The number of ether oxygens (including phenoxy) is 1. The molecule has 0 amide bonds. The fraction of sp³-hybridized carbons (Fsp3) is 0.333. The normalized spacial score (nSPS) is 27.7. The summed E-state index contributed by atoms with van der Waals surface area (Å²) in [6.45, 7) is 6.23. The highest BCUT2D eigenvalue weighted by atomic mass is 16.6. The largest absolute Gasteiger partial charge is 0.371 e. The summed E-state index contributed by atoms with van der Waals surface area (Å²) in [6, 6.07) is 6.63. The highest BCUT2D eigenvalue weighted by Gasteiger charge is 2.35. The zero-order chi connectivity index (χ0) is 16.3. The maximum absolute atomic E-state index is 10.8. The van der Waals surface area contributed by atoms with E-state index < -0.39 is 0 Å². The third kappa shape index (κ3) is 3.11. The lowest BCUT2D eigenvalue weighted by atomic mass is 9.88. The molecule has 0 radical (unpaired) electrons. The zero-order valence-electron chi connectivity index (χ0n) is 12.9. The van der Waals surface area contributed by atoms with Gasteiger partial charge in [0.2, 0.25) is 0 Å². The molecule has 1 aromatic carbocycles. The molecule has 3 rings (SSSR count). The van der Waals surface area contributed by atoms with Gasteiger partial charge < -0.3 is 4.74 Å². The summed E-state index contributed by atoms with van der Waals surface area (Å²) in [7, 11) is 0. The summed E-state index contributed by atoms with van der Waals surface area (Å²) in [6.07, 6.45) is 11.2. The highest BCUT2D eigenvalue weighted by molar-refractivity contribution is 5.34. The molecule has 0 unspecified atom stereocenters. The van der Waals surface area contributed by atoms with Crippen molar-refractivity contribution in [1.29, 1.82) is 0 Å². The average molecular weight is 312 g/mol. The van der Waals surface area contributed by atoms with Gasteiger partial charge in [0.25, 0.3) is 5.69 Å². The third-order valence-corrected chi connectivity index (χ3v) is 4.56. The molecular formula is C18H20N2O3. The first-order valence-electron chi connectivity index (χ1n) is 7.73.